The summed E-state index contributed by atoms with van der Waals surface area (Å²) in [6, 6.07) is 0. The van der Waals surface area contributed by atoms with Gasteiger partial charge in [0.05, 0.1) is 0 Å². The maximum atomic E-state index is 10.4. The molecule has 0 aromatic carbocycles. The number of rotatable bonds is 20. The van der Waals surface area contributed by atoms with E-state index in [4.69, 9.17) is 5.11 Å². The van der Waals surface area contributed by atoms with E-state index >= 15 is 0 Å². The van der Waals surface area contributed by atoms with Crippen molar-refractivity contribution < 1.29 is 9.90 Å². The van der Waals surface area contributed by atoms with Gasteiger partial charge in [0.15, 0.2) is 0 Å². The predicted molar refractivity (Wildman–Crippen MR) is 113 cm³/mol. The number of hydrogen-bond acceptors (Lipinski definition) is 1. The van der Waals surface area contributed by atoms with Crippen molar-refractivity contribution in [2.24, 2.45) is 0 Å². The van der Waals surface area contributed by atoms with Gasteiger partial charge >= 0.3 is 24.8 Å². The fourth-order valence-corrected chi connectivity index (χ4v) is 3.35. The van der Waals surface area contributed by atoms with E-state index in [0.29, 0.717) is 6.42 Å². The van der Waals surface area contributed by atoms with Crippen molar-refractivity contribution in [1.29, 1.82) is 0 Å². The first kappa shape index (κ1) is 27.3. The molecule has 0 aliphatic carbocycles. The van der Waals surface area contributed by atoms with Crippen LogP contribution in [0.3, 0.4) is 0 Å². The predicted octanol–water partition coefficient (Wildman–Crippen LogP) is 7.24. The molecule has 1 N–H and O–H groups in total. The first-order chi connectivity index (χ1) is 11.8. The van der Waals surface area contributed by atoms with Crippen LogP contribution in [-0.4, -0.2) is 29.9 Å². The van der Waals surface area contributed by atoms with Crippen LogP contribution >= 0.6 is 0 Å². The number of hydrogen-bond donors (Lipinski definition) is 1. The molecule has 146 valence electrons. The van der Waals surface area contributed by atoms with Crippen LogP contribution in [0.1, 0.15) is 135 Å². The Balaban J connectivity index is 0. The van der Waals surface area contributed by atoms with Crippen molar-refractivity contribution >= 4 is 24.8 Å². The summed E-state index contributed by atoms with van der Waals surface area (Å²) >= 11 is 0. The molecule has 0 spiro atoms. The molecule has 0 unspecified atom stereocenters. The van der Waals surface area contributed by atoms with Crippen molar-refractivity contribution in [3.63, 3.8) is 0 Å². The Morgan fingerprint density at radius 2 is 0.760 bits per heavy atom. The summed E-state index contributed by atoms with van der Waals surface area (Å²) in [5.41, 5.74) is 0. The molecule has 0 bridgehead atoms. The van der Waals surface area contributed by atoms with Crippen molar-refractivity contribution in [1.82, 2.24) is 0 Å². The summed E-state index contributed by atoms with van der Waals surface area (Å²) in [6.45, 7) is 2.28. The number of aliphatic carboxylic acids is 1. The quantitative estimate of drug-likeness (QED) is 0.186. The Kier molecular flexibility index (Phi) is 26.3. The number of carboxylic acid groups (broad SMARTS) is 1. The third-order valence-electron chi connectivity index (χ3n) is 4.99. The van der Waals surface area contributed by atoms with Gasteiger partial charge in [-0.3, -0.25) is 4.79 Å². The van der Waals surface area contributed by atoms with Gasteiger partial charge in [0, 0.05) is 6.42 Å². The summed E-state index contributed by atoms with van der Waals surface area (Å²) in [7, 11) is 0. The van der Waals surface area contributed by atoms with Gasteiger partial charge in [0.25, 0.3) is 0 Å². The van der Waals surface area contributed by atoms with Gasteiger partial charge in [-0.2, -0.15) is 0 Å². The van der Waals surface area contributed by atoms with Crippen molar-refractivity contribution in [2.45, 2.75) is 135 Å². The molecule has 0 aromatic heterocycles. The van der Waals surface area contributed by atoms with Crippen LogP contribution in [0.15, 0.2) is 0 Å². The van der Waals surface area contributed by atoms with Crippen LogP contribution in [0.25, 0.3) is 0 Å². The monoisotopic (exact) mass is 348 g/mol. The van der Waals surface area contributed by atoms with Crippen molar-refractivity contribution in [2.75, 3.05) is 0 Å². The summed E-state index contributed by atoms with van der Waals surface area (Å²) < 4.78 is 0. The molecule has 3 heteroatoms. The van der Waals surface area contributed by atoms with Crippen LogP contribution in [0.2, 0.25) is 0 Å². The molecule has 0 atom stereocenters. The average Bonchev–Trinajstić information content (AvgIpc) is 2.56. The van der Waals surface area contributed by atoms with E-state index in [-0.39, 0.29) is 18.9 Å². The second-order valence-electron chi connectivity index (χ2n) is 7.51. The van der Waals surface area contributed by atoms with Crippen LogP contribution in [0.5, 0.6) is 0 Å². The molecule has 0 aliphatic heterocycles. The van der Waals surface area contributed by atoms with Crippen LogP contribution in [0, 0.1) is 0 Å². The van der Waals surface area contributed by atoms with Crippen molar-refractivity contribution in [3.8, 4) is 0 Å². The Morgan fingerprint density at radius 3 is 1.00 bits per heavy atom. The summed E-state index contributed by atoms with van der Waals surface area (Å²) in [5, 5.41) is 8.56. The third kappa shape index (κ3) is 26.4. The molecule has 0 heterocycles. The first-order valence-corrected chi connectivity index (χ1v) is 11.0. The molecular formula is C22H45LiO2. The molecular weight excluding hydrogens is 303 g/mol. The fourth-order valence-electron chi connectivity index (χ4n) is 3.35. The summed E-state index contributed by atoms with van der Waals surface area (Å²) in [5.74, 6) is -0.651. The topological polar surface area (TPSA) is 37.3 Å². The molecule has 2 nitrogen and oxygen atoms in total. The van der Waals surface area contributed by atoms with E-state index in [1.807, 2.05) is 0 Å². The fraction of sp³-hybridized carbons (Fsp3) is 0.955. The standard InChI is InChI=1S/C22H44O2.Li.H/c1-2-3-4-5-6-7-8-9-10-11-12-13-14-15-16-17-18-19-20-21-22(23)24;;/h2-21H2,1H3,(H,23,24);;. The summed E-state index contributed by atoms with van der Waals surface area (Å²) in [4.78, 5) is 10.4. The van der Waals surface area contributed by atoms with Gasteiger partial charge in [-0.15, -0.1) is 0 Å². The van der Waals surface area contributed by atoms with E-state index in [9.17, 15) is 4.79 Å². The van der Waals surface area contributed by atoms with Gasteiger partial charge in [-0.05, 0) is 6.42 Å². The molecule has 0 aromatic rings. The Hall–Kier alpha value is 0.0674. The van der Waals surface area contributed by atoms with E-state index < -0.39 is 5.97 Å². The molecule has 0 fully saturated rings. The molecule has 0 amide bonds. The first-order valence-electron chi connectivity index (χ1n) is 11.0. The van der Waals surface area contributed by atoms with Gasteiger partial charge in [-0.25, -0.2) is 0 Å². The molecule has 0 saturated heterocycles. The van der Waals surface area contributed by atoms with Gasteiger partial charge in [0.2, 0.25) is 0 Å². The van der Waals surface area contributed by atoms with Gasteiger partial charge < -0.3 is 5.11 Å². The Bertz CT molecular complexity index is 256. The second kappa shape index (κ2) is 24.1. The normalized spacial score (nSPS) is 10.6. The van der Waals surface area contributed by atoms with Crippen molar-refractivity contribution in [3.05, 3.63) is 0 Å². The molecule has 0 aliphatic rings. The Morgan fingerprint density at radius 1 is 0.520 bits per heavy atom. The zero-order chi connectivity index (χ0) is 17.7. The van der Waals surface area contributed by atoms with Crippen LogP contribution < -0.4 is 0 Å². The average molecular weight is 349 g/mol. The molecule has 0 saturated carbocycles. The Labute approximate surface area is 170 Å². The summed E-state index contributed by atoms with van der Waals surface area (Å²) in [6.07, 6.45) is 26.1. The zero-order valence-electron chi connectivity index (χ0n) is 16.5. The molecule has 0 rings (SSSR count). The second-order valence-corrected chi connectivity index (χ2v) is 7.51. The molecule has 0 radical (unpaired) electrons. The van der Waals surface area contributed by atoms with Gasteiger partial charge in [-0.1, -0.05) is 122 Å². The van der Waals surface area contributed by atoms with Crippen LogP contribution in [-0.2, 0) is 4.79 Å². The maximum absolute atomic E-state index is 10.4. The third-order valence-corrected chi connectivity index (χ3v) is 4.99. The SMILES string of the molecule is CCCCCCCCCCCCCCCCCCCCCC(=O)O.[LiH]. The van der Waals surface area contributed by atoms with E-state index in [1.165, 1.54) is 109 Å². The molecule has 25 heavy (non-hydrogen) atoms. The van der Waals surface area contributed by atoms with E-state index in [1.54, 1.807) is 0 Å². The minimum absolute atomic E-state index is 0. The van der Waals surface area contributed by atoms with E-state index in [2.05, 4.69) is 6.92 Å². The van der Waals surface area contributed by atoms with E-state index in [0.717, 1.165) is 12.8 Å². The van der Waals surface area contributed by atoms with Crippen LogP contribution in [0.4, 0.5) is 0 Å². The number of unbranched alkanes of at least 4 members (excludes halogenated alkanes) is 18. The number of carbonyl (C=O) groups is 1. The van der Waals surface area contributed by atoms with Gasteiger partial charge in [0.1, 0.15) is 0 Å². The zero-order valence-corrected chi connectivity index (χ0v) is 16.5. The number of carboxylic acids is 1. The minimum atomic E-state index is -0.651.